The Labute approximate surface area is 144 Å². The first-order valence-corrected chi connectivity index (χ1v) is 8.92. The highest BCUT2D eigenvalue weighted by Crippen LogP contribution is 2.44. The van der Waals surface area contributed by atoms with Gasteiger partial charge in [-0.1, -0.05) is 17.7 Å². The van der Waals surface area contributed by atoms with Crippen LogP contribution >= 0.6 is 22.9 Å². The Morgan fingerprint density at radius 3 is 2.91 bits per heavy atom. The number of thiophene rings is 1. The van der Waals surface area contributed by atoms with Crippen molar-refractivity contribution < 1.29 is 9.53 Å². The number of carbonyl (C=O) groups is 1. The molecule has 4 rings (SSSR count). The first-order chi connectivity index (χ1) is 11.2. The number of fused-ring (bicyclic) bond motifs is 1. The Kier molecular flexibility index (Phi) is 3.79. The van der Waals surface area contributed by atoms with Crippen molar-refractivity contribution in [1.29, 1.82) is 0 Å². The van der Waals surface area contributed by atoms with Crippen molar-refractivity contribution >= 4 is 34.5 Å². The summed E-state index contributed by atoms with van der Waals surface area (Å²) >= 11 is 7.96. The van der Waals surface area contributed by atoms with Gasteiger partial charge in [0.05, 0.1) is 18.2 Å². The molecule has 6 heteroatoms. The first kappa shape index (κ1) is 15.0. The van der Waals surface area contributed by atoms with Gasteiger partial charge in [-0.05, 0) is 42.5 Å². The third kappa shape index (κ3) is 2.35. The number of ether oxygens (including phenoxy) is 1. The standard InChI is InChI=1S/C17H17ClN2O2S/c1-22-14-7-6-11(10-12(14)18)20-16(15-5-3-9-23-15)19-8-2-4-13(19)17(20)21/h3,5-7,9-10,13,16H,2,4,8H2,1H3. The topological polar surface area (TPSA) is 32.8 Å². The van der Waals surface area contributed by atoms with Crippen LogP contribution in [-0.4, -0.2) is 30.5 Å². The third-order valence-electron chi connectivity index (χ3n) is 4.59. The van der Waals surface area contributed by atoms with Gasteiger partial charge in [0.15, 0.2) is 0 Å². The van der Waals surface area contributed by atoms with Crippen molar-refractivity contribution in [2.75, 3.05) is 18.6 Å². The highest BCUT2D eigenvalue weighted by atomic mass is 35.5. The van der Waals surface area contributed by atoms with E-state index in [1.54, 1.807) is 18.4 Å². The molecule has 2 aliphatic rings. The molecular formula is C17H17ClN2O2S. The maximum atomic E-state index is 13.0. The summed E-state index contributed by atoms with van der Waals surface area (Å²) in [5.74, 6) is 0.789. The predicted molar refractivity (Wildman–Crippen MR) is 92.3 cm³/mol. The van der Waals surface area contributed by atoms with Crippen molar-refractivity contribution in [3.63, 3.8) is 0 Å². The van der Waals surface area contributed by atoms with E-state index in [2.05, 4.69) is 16.3 Å². The molecule has 0 N–H and O–H groups in total. The van der Waals surface area contributed by atoms with Crippen molar-refractivity contribution in [2.45, 2.75) is 25.0 Å². The fourth-order valence-corrected chi connectivity index (χ4v) is 4.66. The van der Waals surface area contributed by atoms with Crippen LogP contribution in [0.2, 0.25) is 5.02 Å². The number of rotatable bonds is 3. The summed E-state index contributed by atoms with van der Waals surface area (Å²) in [5, 5.41) is 2.58. The van der Waals surface area contributed by atoms with E-state index in [9.17, 15) is 4.79 Å². The third-order valence-corrected chi connectivity index (χ3v) is 5.79. The number of methoxy groups -OCH3 is 1. The molecule has 2 aliphatic heterocycles. The zero-order valence-electron chi connectivity index (χ0n) is 12.7. The number of amides is 1. The lowest BCUT2D eigenvalue weighted by molar-refractivity contribution is -0.119. The smallest absolute Gasteiger partial charge is 0.246 e. The first-order valence-electron chi connectivity index (χ1n) is 7.66. The summed E-state index contributed by atoms with van der Waals surface area (Å²) in [6.45, 7) is 0.958. The van der Waals surface area contributed by atoms with Gasteiger partial charge in [0.2, 0.25) is 5.91 Å². The van der Waals surface area contributed by atoms with Crippen molar-refractivity contribution in [3.8, 4) is 5.75 Å². The number of halogens is 1. The molecule has 2 aromatic rings. The molecule has 2 atom stereocenters. The molecule has 0 spiro atoms. The highest BCUT2D eigenvalue weighted by molar-refractivity contribution is 7.10. The molecule has 1 amide bonds. The van der Waals surface area contributed by atoms with Gasteiger partial charge in [-0.15, -0.1) is 11.3 Å². The van der Waals surface area contributed by atoms with Gasteiger partial charge in [-0.2, -0.15) is 0 Å². The van der Waals surface area contributed by atoms with E-state index in [0.717, 1.165) is 25.1 Å². The summed E-state index contributed by atoms with van der Waals surface area (Å²) in [5.41, 5.74) is 0.827. The number of carbonyl (C=O) groups excluding carboxylic acids is 1. The largest absolute Gasteiger partial charge is 0.495 e. The molecule has 2 unspecified atom stereocenters. The van der Waals surface area contributed by atoms with E-state index < -0.39 is 0 Å². The molecule has 2 fully saturated rings. The molecule has 0 saturated carbocycles. The van der Waals surface area contributed by atoms with E-state index >= 15 is 0 Å². The molecule has 120 valence electrons. The summed E-state index contributed by atoms with van der Waals surface area (Å²) in [7, 11) is 1.59. The summed E-state index contributed by atoms with van der Waals surface area (Å²) in [6.07, 6.45) is 1.98. The van der Waals surface area contributed by atoms with Gasteiger partial charge in [0.25, 0.3) is 0 Å². The van der Waals surface area contributed by atoms with Crippen LogP contribution in [0.4, 0.5) is 5.69 Å². The molecule has 1 aromatic carbocycles. The molecule has 0 radical (unpaired) electrons. The molecule has 4 nitrogen and oxygen atoms in total. The van der Waals surface area contributed by atoms with Gasteiger partial charge in [0, 0.05) is 17.1 Å². The van der Waals surface area contributed by atoms with Crippen LogP contribution in [0.5, 0.6) is 5.75 Å². The normalized spacial score (nSPS) is 24.3. The lowest BCUT2D eigenvalue weighted by Gasteiger charge is -2.28. The Morgan fingerprint density at radius 1 is 1.35 bits per heavy atom. The number of anilines is 1. The second-order valence-corrected chi connectivity index (χ2v) is 7.20. The predicted octanol–water partition coefficient (Wildman–Crippen LogP) is 3.92. The number of nitrogens with zero attached hydrogens (tertiary/aromatic N) is 2. The van der Waals surface area contributed by atoms with Crippen molar-refractivity contribution in [2.24, 2.45) is 0 Å². The SMILES string of the molecule is COc1ccc(N2C(=O)C3CCCN3C2c2cccs2)cc1Cl. The minimum absolute atomic E-state index is 0.0111. The fourth-order valence-electron chi connectivity index (χ4n) is 3.58. The Morgan fingerprint density at radius 2 is 2.22 bits per heavy atom. The van der Waals surface area contributed by atoms with Crippen LogP contribution in [0.3, 0.4) is 0 Å². The van der Waals surface area contributed by atoms with Crippen LogP contribution in [0.1, 0.15) is 23.9 Å². The van der Waals surface area contributed by atoms with E-state index in [-0.39, 0.29) is 18.1 Å². The molecule has 0 aliphatic carbocycles. The lowest BCUT2D eigenvalue weighted by atomic mass is 10.2. The maximum Gasteiger partial charge on any atom is 0.246 e. The van der Waals surface area contributed by atoms with Gasteiger partial charge >= 0.3 is 0 Å². The van der Waals surface area contributed by atoms with Crippen LogP contribution in [0, 0.1) is 0 Å². The van der Waals surface area contributed by atoms with Gasteiger partial charge < -0.3 is 4.74 Å². The zero-order chi connectivity index (χ0) is 16.0. The van der Waals surface area contributed by atoms with Crippen LogP contribution in [-0.2, 0) is 4.79 Å². The van der Waals surface area contributed by atoms with E-state index in [1.165, 1.54) is 4.88 Å². The van der Waals surface area contributed by atoms with E-state index in [1.807, 2.05) is 29.2 Å². The average molecular weight is 349 g/mol. The zero-order valence-corrected chi connectivity index (χ0v) is 14.3. The van der Waals surface area contributed by atoms with Gasteiger partial charge in [-0.3, -0.25) is 14.6 Å². The van der Waals surface area contributed by atoms with E-state index in [0.29, 0.717) is 10.8 Å². The molecule has 0 bridgehead atoms. The Hall–Kier alpha value is -1.56. The summed E-state index contributed by atoms with van der Waals surface area (Å²) < 4.78 is 5.22. The summed E-state index contributed by atoms with van der Waals surface area (Å²) in [4.78, 5) is 18.4. The second kappa shape index (κ2) is 5.82. The van der Waals surface area contributed by atoms with Gasteiger partial charge in [-0.25, -0.2) is 0 Å². The quantitative estimate of drug-likeness (QED) is 0.842. The number of hydrogen-bond acceptors (Lipinski definition) is 4. The molecular weight excluding hydrogens is 332 g/mol. The number of benzene rings is 1. The minimum Gasteiger partial charge on any atom is -0.495 e. The lowest BCUT2D eigenvalue weighted by Crippen LogP contribution is -2.31. The Balaban J connectivity index is 1.78. The van der Waals surface area contributed by atoms with Crippen LogP contribution in [0.25, 0.3) is 0 Å². The number of hydrogen-bond donors (Lipinski definition) is 0. The maximum absolute atomic E-state index is 13.0. The van der Waals surface area contributed by atoms with Crippen LogP contribution < -0.4 is 9.64 Å². The van der Waals surface area contributed by atoms with Gasteiger partial charge in [0.1, 0.15) is 11.9 Å². The van der Waals surface area contributed by atoms with E-state index in [4.69, 9.17) is 16.3 Å². The highest BCUT2D eigenvalue weighted by Gasteiger charge is 2.49. The van der Waals surface area contributed by atoms with Crippen molar-refractivity contribution in [1.82, 2.24) is 4.90 Å². The average Bonchev–Trinajstić information content (AvgIpc) is 3.26. The molecule has 1 aromatic heterocycles. The fraction of sp³-hybridized carbons (Fsp3) is 0.353. The molecule has 23 heavy (non-hydrogen) atoms. The second-order valence-electron chi connectivity index (χ2n) is 5.81. The minimum atomic E-state index is -0.0283. The molecule has 3 heterocycles. The van der Waals surface area contributed by atoms with Crippen molar-refractivity contribution in [3.05, 3.63) is 45.6 Å². The molecule has 2 saturated heterocycles. The monoisotopic (exact) mass is 348 g/mol. The summed E-state index contributed by atoms with van der Waals surface area (Å²) in [6, 6.07) is 9.67. The van der Waals surface area contributed by atoms with Crippen LogP contribution in [0.15, 0.2) is 35.7 Å². The Bertz CT molecular complexity index is 734.